The molecule has 0 aromatic heterocycles. The summed E-state index contributed by atoms with van der Waals surface area (Å²) in [6, 6.07) is 0. The van der Waals surface area contributed by atoms with Crippen LogP contribution < -0.4 is 5.32 Å². The number of rotatable bonds is 7. The van der Waals surface area contributed by atoms with Crippen molar-refractivity contribution in [2.75, 3.05) is 6.54 Å². The molecule has 0 aromatic rings. The fraction of sp³-hybridized carbons (Fsp3) is 0.812. The summed E-state index contributed by atoms with van der Waals surface area (Å²) in [4.78, 5) is 11.4. The average Bonchev–Trinajstić information content (AvgIpc) is 2.18. The Morgan fingerprint density at radius 2 is 1.55 bits per heavy atom. The van der Waals surface area contributed by atoms with Crippen molar-refractivity contribution < 1.29 is 14.3 Å². The van der Waals surface area contributed by atoms with Gasteiger partial charge in [-0.1, -0.05) is 6.58 Å². The summed E-state index contributed by atoms with van der Waals surface area (Å²) in [7, 11) is 0. The van der Waals surface area contributed by atoms with E-state index in [4.69, 9.17) is 9.47 Å². The molecular formula is C16H31NO3. The molecule has 20 heavy (non-hydrogen) atoms. The Bertz CT molecular complexity index is 308. The van der Waals surface area contributed by atoms with Crippen molar-refractivity contribution >= 4 is 5.91 Å². The molecule has 0 fully saturated rings. The number of hydrogen-bond acceptors (Lipinski definition) is 3. The molecule has 0 aromatic carbocycles. The summed E-state index contributed by atoms with van der Waals surface area (Å²) in [6.07, 6.45) is 1.28. The minimum absolute atomic E-state index is 0.102. The number of ether oxygens (including phenoxy) is 2. The van der Waals surface area contributed by atoms with Gasteiger partial charge in [0.1, 0.15) is 0 Å². The van der Waals surface area contributed by atoms with Gasteiger partial charge in [0.2, 0.25) is 5.91 Å². The monoisotopic (exact) mass is 285 g/mol. The quantitative estimate of drug-likeness (QED) is 0.443. The number of carbonyl (C=O) groups is 1. The number of hydrogen-bond donors (Lipinski definition) is 1. The summed E-state index contributed by atoms with van der Waals surface area (Å²) >= 11 is 0. The molecule has 4 heteroatoms. The number of nitrogens with one attached hydrogen (secondary N) is 1. The van der Waals surface area contributed by atoms with Gasteiger partial charge in [0.15, 0.2) is 6.29 Å². The Morgan fingerprint density at radius 3 is 1.90 bits per heavy atom. The molecule has 1 N–H and O–H groups in total. The fourth-order valence-electron chi connectivity index (χ4n) is 1.55. The van der Waals surface area contributed by atoms with Crippen LogP contribution in [0, 0.1) is 0 Å². The average molecular weight is 285 g/mol. The highest BCUT2D eigenvalue weighted by atomic mass is 16.7. The van der Waals surface area contributed by atoms with E-state index in [2.05, 4.69) is 11.9 Å². The molecule has 0 aliphatic rings. The van der Waals surface area contributed by atoms with Gasteiger partial charge in [-0.25, -0.2) is 0 Å². The van der Waals surface area contributed by atoms with E-state index in [0.717, 1.165) is 12.8 Å². The van der Waals surface area contributed by atoms with E-state index in [1.165, 1.54) is 0 Å². The minimum atomic E-state index is -0.267. The van der Waals surface area contributed by atoms with Gasteiger partial charge in [0, 0.05) is 18.5 Å². The summed E-state index contributed by atoms with van der Waals surface area (Å²) < 4.78 is 11.8. The fourth-order valence-corrected chi connectivity index (χ4v) is 1.55. The van der Waals surface area contributed by atoms with E-state index >= 15 is 0 Å². The van der Waals surface area contributed by atoms with Crippen molar-refractivity contribution in [2.45, 2.75) is 78.8 Å². The van der Waals surface area contributed by atoms with Gasteiger partial charge in [-0.05, 0) is 54.9 Å². The van der Waals surface area contributed by atoms with Gasteiger partial charge in [-0.15, -0.1) is 0 Å². The van der Waals surface area contributed by atoms with E-state index < -0.39 is 0 Å². The van der Waals surface area contributed by atoms with Gasteiger partial charge in [-0.2, -0.15) is 0 Å². The number of carbonyl (C=O) groups excluding carboxylic acids is 1. The highest BCUT2D eigenvalue weighted by molar-refractivity contribution is 5.91. The van der Waals surface area contributed by atoms with E-state index in [9.17, 15) is 4.79 Å². The maximum Gasteiger partial charge on any atom is 0.246 e. The lowest BCUT2D eigenvalue weighted by molar-refractivity contribution is -0.236. The van der Waals surface area contributed by atoms with Crippen molar-refractivity contribution in [1.29, 1.82) is 0 Å². The zero-order valence-corrected chi connectivity index (χ0v) is 14.1. The Morgan fingerprint density at radius 1 is 1.10 bits per heavy atom. The summed E-state index contributed by atoms with van der Waals surface area (Å²) in [6.45, 7) is 18.0. The first-order valence-corrected chi connectivity index (χ1v) is 7.20. The summed E-state index contributed by atoms with van der Waals surface area (Å²) in [5, 5.41) is 2.81. The zero-order chi connectivity index (χ0) is 16.0. The second-order valence-electron chi connectivity index (χ2n) is 7.07. The maximum atomic E-state index is 11.4. The first-order valence-electron chi connectivity index (χ1n) is 7.20. The molecule has 0 heterocycles. The molecule has 0 saturated heterocycles. The van der Waals surface area contributed by atoms with Crippen LogP contribution in [0.1, 0.15) is 61.3 Å². The third kappa shape index (κ3) is 11.0. The predicted molar refractivity (Wildman–Crippen MR) is 82.5 cm³/mol. The van der Waals surface area contributed by atoms with Crippen molar-refractivity contribution in [3.05, 3.63) is 12.2 Å². The Kier molecular flexibility index (Phi) is 7.45. The minimum Gasteiger partial charge on any atom is -0.352 e. The van der Waals surface area contributed by atoms with Crippen LogP contribution in [0.4, 0.5) is 0 Å². The highest BCUT2D eigenvalue weighted by Crippen LogP contribution is 2.20. The summed E-state index contributed by atoms with van der Waals surface area (Å²) in [5.74, 6) is -0.102. The highest BCUT2D eigenvalue weighted by Gasteiger charge is 2.24. The molecular weight excluding hydrogens is 254 g/mol. The molecule has 0 rings (SSSR count). The van der Waals surface area contributed by atoms with Crippen LogP contribution in [-0.2, 0) is 14.3 Å². The smallest absolute Gasteiger partial charge is 0.246 e. The van der Waals surface area contributed by atoms with Crippen LogP contribution >= 0.6 is 0 Å². The normalized spacial score (nSPS) is 12.6. The molecule has 0 saturated carbocycles. The molecule has 0 aliphatic carbocycles. The van der Waals surface area contributed by atoms with Crippen LogP contribution in [-0.4, -0.2) is 29.9 Å². The van der Waals surface area contributed by atoms with Gasteiger partial charge in [0.25, 0.3) is 0 Å². The standard InChI is InChI=1S/C16H31NO3/c1-12(2)14(18)17-11-9-10-13(19-15(3,4)5)20-16(6,7)8/h13H,1,9-11H2,2-8H3,(H,17,18). The SMILES string of the molecule is C=C(C)C(=O)NCCCC(OC(C)(C)C)OC(C)(C)C. The Balaban J connectivity index is 4.23. The topological polar surface area (TPSA) is 47.6 Å². The lowest BCUT2D eigenvalue weighted by Gasteiger charge is -2.32. The summed E-state index contributed by atoms with van der Waals surface area (Å²) in [5.41, 5.74) is 0.0201. The molecule has 0 unspecified atom stereocenters. The molecule has 118 valence electrons. The van der Waals surface area contributed by atoms with Crippen molar-refractivity contribution in [3.63, 3.8) is 0 Å². The first kappa shape index (κ1) is 19.1. The van der Waals surface area contributed by atoms with Crippen LogP contribution in [0.15, 0.2) is 12.2 Å². The van der Waals surface area contributed by atoms with Crippen molar-refractivity contribution in [1.82, 2.24) is 5.32 Å². The second-order valence-corrected chi connectivity index (χ2v) is 7.07. The number of amides is 1. The molecule has 0 bridgehead atoms. The molecule has 0 radical (unpaired) electrons. The lowest BCUT2D eigenvalue weighted by Crippen LogP contribution is -2.36. The van der Waals surface area contributed by atoms with E-state index in [1.807, 2.05) is 41.5 Å². The van der Waals surface area contributed by atoms with Crippen LogP contribution in [0.25, 0.3) is 0 Å². The molecule has 0 spiro atoms. The Hall–Kier alpha value is -0.870. The van der Waals surface area contributed by atoms with E-state index in [1.54, 1.807) is 6.92 Å². The predicted octanol–water partition coefficient (Wildman–Crippen LogP) is 3.42. The second kappa shape index (κ2) is 7.79. The maximum absolute atomic E-state index is 11.4. The van der Waals surface area contributed by atoms with E-state index in [-0.39, 0.29) is 23.4 Å². The molecule has 0 atom stereocenters. The zero-order valence-electron chi connectivity index (χ0n) is 14.1. The molecule has 1 amide bonds. The largest absolute Gasteiger partial charge is 0.352 e. The molecule has 0 aliphatic heterocycles. The van der Waals surface area contributed by atoms with Gasteiger partial charge >= 0.3 is 0 Å². The van der Waals surface area contributed by atoms with Crippen LogP contribution in [0.2, 0.25) is 0 Å². The first-order chi connectivity index (χ1) is 8.91. The lowest BCUT2D eigenvalue weighted by atomic mass is 10.1. The van der Waals surface area contributed by atoms with Crippen LogP contribution in [0.5, 0.6) is 0 Å². The van der Waals surface area contributed by atoms with Crippen LogP contribution in [0.3, 0.4) is 0 Å². The van der Waals surface area contributed by atoms with Gasteiger partial charge in [0.05, 0.1) is 11.2 Å². The van der Waals surface area contributed by atoms with Crippen molar-refractivity contribution in [2.24, 2.45) is 0 Å². The van der Waals surface area contributed by atoms with Crippen molar-refractivity contribution in [3.8, 4) is 0 Å². The van der Waals surface area contributed by atoms with E-state index in [0.29, 0.717) is 12.1 Å². The third-order valence-corrected chi connectivity index (χ3v) is 2.26. The molecule has 4 nitrogen and oxygen atoms in total. The Labute approximate surface area is 123 Å². The van der Waals surface area contributed by atoms with Gasteiger partial charge in [-0.3, -0.25) is 4.79 Å². The third-order valence-electron chi connectivity index (χ3n) is 2.26. The van der Waals surface area contributed by atoms with Gasteiger partial charge < -0.3 is 14.8 Å².